The van der Waals surface area contributed by atoms with Crippen LogP contribution in [0.5, 0.6) is 0 Å². The fraction of sp³-hybridized carbons (Fsp3) is 0.200. The average Bonchev–Trinajstić information content (AvgIpc) is 2.93. The Bertz CT molecular complexity index is 737. The van der Waals surface area contributed by atoms with Crippen molar-refractivity contribution in [1.82, 2.24) is 10.3 Å². The quantitative estimate of drug-likeness (QED) is 0.740. The Morgan fingerprint density at radius 3 is 3.05 bits per heavy atom. The van der Waals surface area contributed by atoms with E-state index < -0.39 is 5.91 Å². The van der Waals surface area contributed by atoms with Crippen LogP contribution in [-0.2, 0) is 6.54 Å². The highest BCUT2D eigenvalue weighted by Crippen LogP contribution is 2.15. The molecule has 0 fully saturated rings. The van der Waals surface area contributed by atoms with Gasteiger partial charge in [-0.25, -0.2) is 0 Å². The zero-order valence-electron chi connectivity index (χ0n) is 11.2. The highest BCUT2D eigenvalue weighted by Gasteiger charge is 2.10. The third-order valence-electron chi connectivity index (χ3n) is 2.68. The molecule has 0 radical (unpaired) electrons. The summed E-state index contributed by atoms with van der Waals surface area (Å²) in [5.41, 5.74) is 0.595. The Balaban J connectivity index is 2.03. The maximum atomic E-state index is 11.9. The number of aromatic amines is 1. The molecule has 108 valence electrons. The Labute approximate surface area is 125 Å². The predicted octanol–water partition coefficient (Wildman–Crippen LogP) is 1.10. The van der Waals surface area contributed by atoms with Gasteiger partial charge in [0.25, 0.3) is 5.91 Å². The summed E-state index contributed by atoms with van der Waals surface area (Å²) in [5.74, 6) is 5.38. The van der Waals surface area contributed by atoms with Gasteiger partial charge >= 0.3 is 0 Å². The molecule has 0 aliphatic heterocycles. The van der Waals surface area contributed by atoms with Gasteiger partial charge in [0.15, 0.2) is 5.43 Å². The third-order valence-corrected chi connectivity index (χ3v) is 3.60. The molecule has 6 heteroatoms. The molecular weight excluding hydrogens is 288 g/mol. The fourth-order valence-corrected chi connectivity index (χ4v) is 2.42. The number of carbonyl (C=O) groups is 1. The third kappa shape index (κ3) is 4.05. The van der Waals surface area contributed by atoms with Crippen molar-refractivity contribution in [3.63, 3.8) is 0 Å². The number of hydrogen-bond donors (Lipinski definition) is 3. The topological polar surface area (TPSA) is 82.2 Å². The van der Waals surface area contributed by atoms with Crippen LogP contribution in [0.1, 0.15) is 27.2 Å². The lowest BCUT2D eigenvalue weighted by molar-refractivity contribution is 0.0950. The molecule has 0 bridgehead atoms. The van der Waals surface area contributed by atoms with Gasteiger partial charge in [0, 0.05) is 35.3 Å². The summed E-state index contributed by atoms with van der Waals surface area (Å²) < 4.78 is 0. The molecule has 0 aromatic carbocycles. The number of thiophene rings is 1. The molecule has 2 heterocycles. The van der Waals surface area contributed by atoms with Gasteiger partial charge in [-0.2, -0.15) is 0 Å². The summed E-state index contributed by atoms with van der Waals surface area (Å²) >= 11 is 1.48. The van der Waals surface area contributed by atoms with Crippen molar-refractivity contribution in [2.75, 3.05) is 6.61 Å². The molecule has 2 aromatic rings. The van der Waals surface area contributed by atoms with Gasteiger partial charge in [-0.1, -0.05) is 11.8 Å². The van der Waals surface area contributed by atoms with Crippen LogP contribution in [0, 0.1) is 11.8 Å². The van der Waals surface area contributed by atoms with E-state index in [-0.39, 0.29) is 17.6 Å². The second-order valence-electron chi connectivity index (χ2n) is 4.14. The van der Waals surface area contributed by atoms with E-state index in [4.69, 9.17) is 5.11 Å². The number of amides is 1. The molecule has 1 amide bonds. The zero-order valence-corrected chi connectivity index (χ0v) is 12.0. The van der Waals surface area contributed by atoms with Crippen molar-refractivity contribution >= 4 is 17.2 Å². The van der Waals surface area contributed by atoms with Gasteiger partial charge in [-0.05, 0) is 11.4 Å². The lowest BCUT2D eigenvalue weighted by Crippen LogP contribution is -2.27. The molecule has 3 N–H and O–H groups in total. The van der Waals surface area contributed by atoms with Crippen LogP contribution in [0.15, 0.2) is 34.7 Å². The minimum Gasteiger partial charge on any atom is -0.395 e. The van der Waals surface area contributed by atoms with Crippen LogP contribution >= 0.6 is 11.3 Å². The second kappa shape index (κ2) is 7.43. The number of aromatic nitrogens is 1. The van der Waals surface area contributed by atoms with E-state index in [1.807, 2.05) is 11.4 Å². The molecule has 2 aromatic heterocycles. The summed E-state index contributed by atoms with van der Waals surface area (Å²) in [6.07, 6.45) is 3.28. The van der Waals surface area contributed by atoms with E-state index in [1.54, 1.807) is 0 Å². The minimum atomic E-state index is -0.417. The molecule has 2 rings (SSSR count). The van der Waals surface area contributed by atoms with Gasteiger partial charge < -0.3 is 15.4 Å². The van der Waals surface area contributed by atoms with Gasteiger partial charge in [0.1, 0.15) is 5.56 Å². The molecule has 0 aliphatic rings. The van der Waals surface area contributed by atoms with Crippen molar-refractivity contribution in [3.8, 4) is 11.8 Å². The van der Waals surface area contributed by atoms with E-state index in [0.29, 0.717) is 13.0 Å². The number of rotatable bonds is 4. The van der Waals surface area contributed by atoms with Gasteiger partial charge in [-0.15, -0.1) is 11.3 Å². The lowest BCUT2D eigenvalue weighted by Gasteiger charge is -2.03. The van der Waals surface area contributed by atoms with Crippen LogP contribution in [-0.4, -0.2) is 22.6 Å². The molecule has 0 spiro atoms. The average molecular weight is 302 g/mol. The number of hydrogen-bond acceptors (Lipinski definition) is 4. The summed E-state index contributed by atoms with van der Waals surface area (Å²) in [6, 6.07) is 3.18. The fourth-order valence-electron chi connectivity index (χ4n) is 1.65. The number of carbonyl (C=O) groups excluding carboxylic acids is 1. The van der Waals surface area contributed by atoms with E-state index in [0.717, 1.165) is 10.4 Å². The maximum absolute atomic E-state index is 11.9. The van der Waals surface area contributed by atoms with Crippen molar-refractivity contribution in [3.05, 3.63) is 56.1 Å². The van der Waals surface area contributed by atoms with Gasteiger partial charge in [-0.3, -0.25) is 9.59 Å². The van der Waals surface area contributed by atoms with E-state index >= 15 is 0 Å². The first kappa shape index (κ1) is 15.0. The minimum absolute atomic E-state index is 0.0278. The van der Waals surface area contributed by atoms with Crippen LogP contribution in [0.3, 0.4) is 0 Å². The molecule has 0 atom stereocenters. The molecule has 5 nitrogen and oxygen atoms in total. The second-order valence-corrected chi connectivity index (χ2v) is 5.14. The lowest BCUT2D eigenvalue weighted by atomic mass is 10.2. The Morgan fingerprint density at radius 1 is 1.43 bits per heavy atom. The van der Waals surface area contributed by atoms with Crippen molar-refractivity contribution < 1.29 is 9.90 Å². The van der Waals surface area contributed by atoms with Crippen LogP contribution in [0.4, 0.5) is 0 Å². The summed E-state index contributed by atoms with van der Waals surface area (Å²) in [4.78, 5) is 27.1. The largest absolute Gasteiger partial charge is 0.395 e. The first-order valence-corrected chi connectivity index (χ1v) is 7.21. The normalized spacial score (nSPS) is 9.76. The van der Waals surface area contributed by atoms with Crippen molar-refractivity contribution in [1.29, 1.82) is 0 Å². The maximum Gasteiger partial charge on any atom is 0.257 e. The first-order valence-electron chi connectivity index (χ1n) is 6.34. The molecular formula is C15H14N2O3S. The molecule has 0 saturated carbocycles. The summed E-state index contributed by atoms with van der Waals surface area (Å²) in [7, 11) is 0. The number of H-pyrrole nitrogens is 1. The van der Waals surface area contributed by atoms with Crippen LogP contribution in [0.2, 0.25) is 0 Å². The standard InChI is InChI=1S/C15H14N2O3S/c18-7-2-1-3-11-5-8-21-14(11)10-17-15(20)12-9-16-6-4-13(12)19/h4-6,8-9,18H,2,7,10H2,(H,16,19)(H,17,20). The van der Waals surface area contributed by atoms with Crippen molar-refractivity contribution in [2.24, 2.45) is 0 Å². The Kier molecular flexibility index (Phi) is 5.32. The van der Waals surface area contributed by atoms with E-state index in [1.165, 1.54) is 29.8 Å². The number of nitrogens with one attached hydrogen (secondary N) is 2. The predicted molar refractivity (Wildman–Crippen MR) is 81.1 cm³/mol. The highest BCUT2D eigenvalue weighted by atomic mass is 32.1. The Hall–Kier alpha value is -2.36. The first-order chi connectivity index (χ1) is 10.2. The smallest absolute Gasteiger partial charge is 0.257 e. The van der Waals surface area contributed by atoms with Crippen LogP contribution in [0.25, 0.3) is 0 Å². The zero-order chi connectivity index (χ0) is 15.1. The van der Waals surface area contributed by atoms with Crippen LogP contribution < -0.4 is 10.7 Å². The van der Waals surface area contributed by atoms with E-state index in [2.05, 4.69) is 22.1 Å². The molecule has 0 aliphatic carbocycles. The molecule has 21 heavy (non-hydrogen) atoms. The number of aliphatic hydroxyl groups is 1. The molecule has 0 saturated heterocycles. The Morgan fingerprint density at radius 2 is 2.29 bits per heavy atom. The summed E-state index contributed by atoms with van der Waals surface area (Å²) in [6.45, 7) is 0.341. The highest BCUT2D eigenvalue weighted by molar-refractivity contribution is 7.10. The SMILES string of the molecule is O=C(NCc1sccc1C#CCCO)c1c[nH]ccc1=O. The van der Waals surface area contributed by atoms with E-state index in [9.17, 15) is 9.59 Å². The van der Waals surface area contributed by atoms with Gasteiger partial charge in [0.2, 0.25) is 0 Å². The number of aliphatic hydroxyl groups excluding tert-OH is 1. The molecule has 0 unspecified atom stereocenters. The van der Waals surface area contributed by atoms with Crippen molar-refractivity contribution in [2.45, 2.75) is 13.0 Å². The monoisotopic (exact) mass is 302 g/mol. The summed E-state index contributed by atoms with van der Waals surface area (Å²) in [5, 5.41) is 13.3. The van der Waals surface area contributed by atoms with Gasteiger partial charge in [0.05, 0.1) is 13.2 Å². The number of pyridine rings is 1.